The number of thioether (sulfide) groups is 1. The van der Waals surface area contributed by atoms with Gasteiger partial charge in [-0.25, -0.2) is 9.97 Å². The Bertz CT molecular complexity index is 1080. The molecule has 0 saturated heterocycles. The first-order valence-electron chi connectivity index (χ1n) is 8.15. The third-order valence-electron chi connectivity index (χ3n) is 4.15. The minimum Gasteiger partial charge on any atom is -0.293 e. The Morgan fingerprint density at radius 3 is 2.73 bits per heavy atom. The lowest BCUT2D eigenvalue weighted by atomic mass is 10.1. The van der Waals surface area contributed by atoms with E-state index in [2.05, 4.69) is 29.2 Å². The molecule has 0 unspecified atom stereocenters. The molecule has 130 valence electrons. The first-order valence-corrected chi connectivity index (χ1v) is 10.8. The maximum Gasteiger partial charge on any atom is 0.188 e. The third kappa shape index (κ3) is 3.32. The van der Waals surface area contributed by atoms with Crippen LogP contribution >= 0.6 is 34.4 Å². The average Bonchev–Trinajstić information content (AvgIpc) is 3.21. The maximum atomic E-state index is 12.3. The standard InChI is InChI=1S/C20H16N2OS3/c1-12-10-24-19-17(12)13(2)18(26-19)15-8-9-21-20(22-15)25-11-16(23)14-6-4-3-5-7-14/h3-10H,11H2,1-2H3. The van der Waals surface area contributed by atoms with Gasteiger partial charge in [0.15, 0.2) is 10.9 Å². The van der Waals surface area contributed by atoms with Gasteiger partial charge in [-0.3, -0.25) is 4.79 Å². The van der Waals surface area contributed by atoms with Crippen LogP contribution in [0, 0.1) is 13.8 Å². The highest BCUT2D eigenvalue weighted by Gasteiger charge is 2.15. The van der Waals surface area contributed by atoms with Crippen molar-refractivity contribution in [2.45, 2.75) is 19.0 Å². The van der Waals surface area contributed by atoms with E-state index < -0.39 is 0 Å². The number of Topliss-reactive ketones (excluding diaryl/α,β-unsaturated/α-hetero) is 1. The SMILES string of the molecule is Cc1csc2sc(-c3ccnc(SCC(=O)c4ccccc4)n3)c(C)c12. The number of fused-ring (bicyclic) bond motifs is 1. The first-order chi connectivity index (χ1) is 12.6. The van der Waals surface area contributed by atoms with Crippen LogP contribution in [0.2, 0.25) is 0 Å². The zero-order chi connectivity index (χ0) is 18.1. The second-order valence-electron chi connectivity index (χ2n) is 5.94. The fourth-order valence-corrected chi connectivity index (χ4v) is 6.07. The summed E-state index contributed by atoms with van der Waals surface area (Å²) in [4.78, 5) is 22.5. The molecule has 0 aliphatic carbocycles. The van der Waals surface area contributed by atoms with Crippen molar-refractivity contribution in [2.75, 3.05) is 5.75 Å². The number of carbonyl (C=O) groups excluding carboxylic acids is 1. The number of carbonyl (C=O) groups is 1. The fraction of sp³-hybridized carbons (Fsp3) is 0.150. The molecule has 0 saturated carbocycles. The Morgan fingerprint density at radius 1 is 1.15 bits per heavy atom. The van der Waals surface area contributed by atoms with Crippen LogP contribution < -0.4 is 0 Å². The lowest BCUT2D eigenvalue weighted by molar-refractivity contribution is 0.102. The lowest BCUT2D eigenvalue weighted by Crippen LogP contribution is -2.02. The van der Waals surface area contributed by atoms with Crippen LogP contribution in [0.1, 0.15) is 21.5 Å². The van der Waals surface area contributed by atoms with Gasteiger partial charge in [0, 0.05) is 17.1 Å². The molecular weight excluding hydrogens is 380 g/mol. The summed E-state index contributed by atoms with van der Waals surface area (Å²) in [5.74, 6) is 0.429. The molecule has 0 aliphatic rings. The number of aryl methyl sites for hydroxylation is 2. The van der Waals surface area contributed by atoms with Crippen molar-refractivity contribution in [1.82, 2.24) is 9.97 Å². The molecule has 0 fully saturated rings. The monoisotopic (exact) mass is 396 g/mol. The van der Waals surface area contributed by atoms with Crippen molar-refractivity contribution in [3.05, 3.63) is 64.7 Å². The summed E-state index contributed by atoms with van der Waals surface area (Å²) in [6.07, 6.45) is 1.78. The Labute approximate surface area is 164 Å². The van der Waals surface area contributed by atoms with Gasteiger partial charge in [-0.15, -0.1) is 22.7 Å². The van der Waals surface area contributed by atoms with E-state index in [9.17, 15) is 4.79 Å². The molecule has 4 aromatic rings. The summed E-state index contributed by atoms with van der Waals surface area (Å²) in [5.41, 5.74) is 4.25. The minimum atomic E-state index is 0.0908. The number of hydrogen-bond acceptors (Lipinski definition) is 6. The van der Waals surface area contributed by atoms with Gasteiger partial charge < -0.3 is 0 Å². The molecule has 3 heterocycles. The van der Waals surface area contributed by atoms with E-state index in [1.807, 2.05) is 36.4 Å². The molecule has 1 aromatic carbocycles. The summed E-state index contributed by atoms with van der Waals surface area (Å²) in [7, 11) is 0. The number of hydrogen-bond donors (Lipinski definition) is 0. The molecular formula is C20H16N2OS3. The van der Waals surface area contributed by atoms with E-state index in [1.54, 1.807) is 28.9 Å². The number of ketones is 1. The van der Waals surface area contributed by atoms with E-state index >= 15 is 0 Å². The van der Waals surface area contributed by atoms with Crippen molar-refractivity contribution >= 4 is 49.6 Å². The van der Waals surface area contributed by atoms with Crippen LogP contribution in [0.15, 0.2) is 53.1 Å². The first kappa shape index (κ1) is 17.4. The molecule has 0 bridgehead atoms. The summed E-state index contributed by atoms with van der Waals surface area (Å²) in [6.45, 7) is 4.31. The molecule has 3 nitrogen and oxygen atoms in total. The quantitative estimate of drug-likeness (QED) is 0.235. The van der Waals surface area contributed by atoms with Crippen molar-refractivity contribution in [2.24, 2.45) is 0 Å². The molecule has 26 heavy (non-hydrogen) atoms. The molecule has 6 heteroatoms. The average molecular weight is 397 g/mol. The molecule has 3 aromatic heterocycles. The summed E-state index contributed by atoms with van der Waals surface area (Å²) >= 11 is 4.95. The topological polar surface area (TPSA) is 42.9 Å². The summed E-state index contributed by atoms with van der Waals surface area (Å²) in [5, 5.41) is 4.19. The zero-order valence-corrected chi connectivity index (χ0v) is 16.8. The van der Waals surface area contributed by atoms with E-state index in [0.29, 0.717) is 10.9 Å². The normalized spacial score (nSPS) is 11.2. The zero-order valence-electron chi connectivity index (χ0n) is 14.4. The largest absolute Gasteiger partial charge is 0.293 e. The number of rotatable bonds is 5. The molecule has 0 radical (unpaired) electrons. The van der Waals surface area contributed by atoms with Gasteiger partial charge >= 0.3 is 0 Å². The van der Waals surface area contributed by atoms with E-state index in [-0.39, 0.29) is 5.78 Å². The van der Waals surface area contributed by atoms with Gasteiger partial charge in [0.2, 0.25) is 0 Å². The number of benzene rings is 1. The lowest BCUT2D eigenvalue weighted by Gasteiger charge is -2.03. The minimum absolute atomic E-state index is 0.0908. The number of thiophene rings is 2. The van der Waals surface area contributed by atoms with Gasteiger partial charge in [-0.2, -0.15) is 0 Å². The predicted octanol–water partition coefficient (Wildman–Crippen LogP) is 6.01. The Balaban J connectivity index is 1.56. The molecule has 0 N–H and O–H groups in total. The van der Waals surface area contributed by atoms with Gasteiger partial charge in [0.1, 0.15) is 0 Å². The summed E-state index contributed by atoms with van der Waals surface area (Å²) in [6, 6.07) is 11.3. The fourth-order valence-electron chi connectivity index (χ4n) is 2.85. The molecule has 0 atom stereocenters. The number of aromatic nitrogens is 2. The van der Waals surface area contributed by atoms with Gasteiger partial charge in [-0.05, 0) is 36.4 Å². The molecule has 0 aliphatic heterocycles. The second-order valence-corrected chi connectivity index (χ2v) is 9.04. The molecule has 0 amide bonds. The Kier molecular flexibility index (Phi) is 4.89. The van der Waals surface area contributed by atoms with Crippen molar-refractivity contribution < 1.29 is 4.79 Å². The van der Waals surface area contributed by atoms with Crippen molar-refractivity contribution in [1.29, 1.82) is 0 Å². The van der Waals surface area contributed by atoms with Crippen LogP contribution in [0.5, 0.6) is 0 Å². The van der Waals surface area contributed by atoms with Crippen LogP contribution in [-0.2, 0) is 0 Å². The summed E-state index contributed by atoms with van der Waals surface area (Å²) < 4.78 is 1.34. The molecule has 4 rings (SSSR count). The third-order valence-corrected chi connectivity index (χ3v) is 7.54. The van der Waals surface area contributed by atoms with Gasteiger partial charge in [-0.1, -0.05) is 42.1 Å². The highest BCUT2D eigenvalue weighted by atomic mass is 32.2. The maximum absolute atomic E-state index is 12.3. The Hall–Kier alpha value is -2.02. The van der Waals surface area contributed by atoms with Crippen LogP contribution in [0.4, 0.5) is 0 Å². The Morgan fingerprint density at radius 2 is 1.96 bits per heavy atom. The molecule has 0 spiro atoms. The van der Waals surface area contributed by atoms with Crippen LogP contribution in [0.3, 0.4) is 0 Å². The predicted molar refractivity (Wildman–Crippen MR) is 112 cm³/mol. The van der Waals surface area contributed by atoms with Crippen molar-refractivity contribution in [3.8, 4) is 10.6 Å². The second kappa shape index (κ2) is 7.31. The van der Waals surface area contributed by atoms with Crippen molar-refractivity contribution in [3.63, 3.8) is 0 Å². The van der Waals surface area contributed by atoms with E-state index in [1.165, 1.54) is 37.2 Å². The van der Waals surface area contributed by atoms with Gasteiger partial charge in [0.05, 0.1) is 20.3 Å². The van der Waals surface area contributed by atoms with Gasteiger partial charge in [0.25, 0.3) is 0 Å². The van der Waals surface area contributed by atoms with E-state index in [0.717, 1.165) is 11.3 Å². The smallest absolute Gasteiger partial charge is 0.188 e. The highest BCUT2D eigenvalue weighted by Crippen LogP contribution is 2.42. The van der Waals surface area contributed by atoms with E-state index in [4.69, 9.17) is 0 Å². The number of nitrogens with zero attached hydrogens (tertiary/aromatic N) is 2. The van der Waals surface area contributed by atoms with Crippen LogP contribution in [0.25, 0.3) is 20.0 Å². The van der Waals surface area contributed by atoms with Crippen LogP contribution in [-0.4, -0.2) is 21.5 Å². The highest BCUT2D eigenvalue weighted by molar-refractivity contribution is 7.99.